The molecule has 1 aromatic rings. The highest BCUT2D eigenvalue weighted by molar-refractivity contribution is 7.99. The Kier molecular flexibility index (Phi) is 6.65. The lowest BCUT2D eigenvalue weighted by Gasteiger charge is -2.01. The van der Waals surface area contributed by atoms with Crippen molar-refractivity contribution in [3.8, 4) is 0 Å². The molecule has 0 aromatic heterocycles. The average molecular weight is 267 g/mol. The Morgan fingerprint density at radius 3 is 3.12 bits per heavy atom. The molecule has 0 radical (unpaired) electrons. The van der Waals surface area contributed by atoms with E-state index in [1.165, 1.54) is 17.7 Å². The summed E-state index contributed by atoms with van der Waals surface area (Å²) in [5.41, 5.74) is 8.84. The molecule has 0 fully saturated rings. The van der Waals surface area contributed by atoms with Crippen LogP contribution in [0.5, 0.6) is 0 Å². The number of nitrogens with zero attached hydrogens (tertiary/aromatic N) is 1. The van der Waals surface area contributed by atoms with Crippen LogP contribution in [0.15, 0.2) is 34.3 Å². The van der Waals surface area contributed by atoms with Crippen molar-refractivity contribution in [2.24, 2.45) is 10.8 Å². The van der Waals surface area contributed by atoms with Gasteiger partial charge in [0.05, 0.1) is 6.21 Å². The number of unbranched alkanes of at least 4 members (excludes halogenated alkanes) is 1. The molecule has 0 aliphatic carbocycles. The predicted octanol–water partition coefficient (Wildman–Crippen LogP) is 2.75. The fraction of sp³-hybridized carbons (Fsp3) is 0.333. The van der Waals surface area contributed by atoms with E-state index in [1.807, 2.05) is 23.9 Å². The van der Waals surface area contributed by atoms with E-state index in [-0.39, 0.29) is 5.11 Å². The molecule has 0 unspecified atom stereocenters. The minimum atomic E-state index is 0.176. The van der Waals surface area contributed by atoms with Gasteiger partial charge in [-0.15, -0.1) is 11.8 Å². The van der Waals surface area contributed by atoms with Gasteiger partial charge < -0.3 is 5.73 Å². The Morgan fingerprint density at radius 2 is 2.41 bits per heavy atom. The standard InChI is InChI=1S/C12H17N3S2/c1-2-3-7-17-11-6-4-5-10(8-11)9-14-15-12(13)16/h4-6,8-9H,2-3,7H2,1H3,(H3,13,15,16). The van der Waals surface area contributed by atoms with Gasteiger partial charge in [0.25, 0.3) is 0 Å². The van der Waals surface area contributed by atoms with Crippen LogP contribution in [0.3, 0.4) is 0 Å². The predicted molar refractivity (Wildman–Crippen MR) is 79.6 cm³/mol. The van der Waals surface area contributed by atoms with E-state index in [0.717, 1.165) is 11.3 Å². The zero-order valence-corrected chi connectivity index (χ0v) is 11.5. The fourth-order valence-electron chi connectivity index (χ4n) is 1.19. The number of thiocarbonyl (C=S) groups is 1. The molecular weight excluding hydrogens is 250 g/mol. The SMILES string of the molecule is CCCCSc1cccc(C=NNC(N)=S)c1. The van der Waals surface area contributed by atoms with Crippen LogP contribution < -0.4 is 11.2 Å². The summed E-state index contributed by atoms with van der Waals surface area (Å²) in [6.07, 6.45) is 4.18. The van der Waals surface area contributed by atoms with Crippen LogP contribution in [0.25, 0.3) is 0 Å². The Bertz CT molecular complexity index is 391. The van der Waals surface area contributed by atoms with E-state index in [2.05, 4.69) is 41.8 Å². The van der Waals surface area contributed by atoms with Gasteiger partial charge in [-0.2, -0.15) is 5.10 Å². The lowest BCUT2D eigenvalue weighted by atomic mass is 10.2. The first-order chi connectivity index (χ1) is 8.22. The quantitative estimate of drug-likeness (QED) is 0.273. The van der Waals surface area contributed by atoms with Crippen LogP contribution in [0.1, 0.15) is 25.3 Å². The van der Waals surface area contributed by atoms with Crippen LogP contribution in [-0.4, -0.2) is 17.1 Å². The summed E-state index contributed by atoms with van der Waals surface area (Å²) >= 11 is 6.52. The van der Waals surface area contributed by atoms with Crippen LogP contribution >= 0.6 is 24.0 Å². The average Bonchev–Trinajstić information content (AvgIpc) is 2.29. The van der Waals surface area contributed by atoms with Gasteiger partial charge in [-0.25, -0.2) is 0 Å². The number of hydrogen-bond donors (Lipinski definition) is 2. The van der Waals surface area contributed by atoms with E-state index >= 15 is 0 Å². The van der Waals surface area contributed by atoms with Crippen molar-refractivity contribution in [2.75, 3.05) is 5.75 Å². The number of rotatable bonds is 6. The minimum absolute atomic E-state index is 0.176. The number of nitrogens with two attached hydrogens (primary N) is 1. The molecule has 17 heavy (non-hydrogen) atoms. The van der Waals surface area contributed by atoms with E-state index in [1.54, 1.807) is 6.21 Å². The van der Waals surface area contributed by atoms with E-state index < -0.39 is 0 Å². The topological polar surface area (TPSA) is 50.4 Å². The highest BCUT2D eigenvalue weighted by Crippen LogP contribution is 2.19. The summed E-state index contributed by atoms with van der Waals surface area (Å²) < 4.78 is 0. The summed E-state index contributed by atoms with van der Waals surface area (Å²) in [5, 5.41) is 4.10. The second kappa shape index (κ2) is 8.08. The summed E-state index contributed by atoms with van der Waals surface area (Å²) in [4.78, 5) is 1.26. The Morgan fingerprint density at radius 1 is 1.59 bits per heavy atom. The van der Waals surface area contributed by atoms with Crippen molar-refractivity contribution < 1.29 is 0 Å². The largest absolute Gasteiger partial charge is 0.375 e. The molecule has 3 nitrogen and oxygen atoms in total. The summed E-state index contributed by atoms with van der Waals surface area (Å²) in [6.45, 7) is 2.20. The third kappa shape index (κ3) is 6.28. The summed E-state index contributed by atoms with van der Waals surface area (Å²) in [5.74, 6) is 1.15. The molecular formula is C12H17N3S2. The maximum absolute atomic E-state index is 5.27. The molecule has 0 aliphatic heterocycles. The first kappa shape index (κ1) is 14.0. The second-order valence-corrected chi connectivity index (χ2v) is 5.12. The van der Waals surface area contributed by atoms with E-state index in [0.29, 0.717) is 0 Å². The van der Waals surface area contributed by atoms with E-state index in [4.69, 9.17) is 5.73 Å². The fourth-order valence-corrected chi connectivity index (χ4v) is 2.31. The molecule has 0 saturated heterocycles. The molecule has 1 aromatic carbocycles. The Labute approximate surface area is 112 Å². The molecule has 0 heterocycles. The van der Waals surface area contributed by atoms with Gasteiger partial charge in [-0.1, -0.05) is 25.5 Å². The molecule has 0 atom stereocenters. The van der Waals surface area contributed by atoms with Crippen molar-refractivity contribution in [2.45, 2.75) is 24.7 Å². The van der Waals surface area contributed by atoms with Gasteiger partial charge in [0.1, 0.15) is 0 Å². The van der Waals surface area contributed by atoms with Gasteiger partial charge in [0, 0.05) is 4.90 Å². The molecule has 0 saturated carbocycles. The molecule has 0 bridgehead atoms. The monoisotopic (exact) mass is 267 g/mol. The second-order valence-electron chi connectivity index (χ2n) is 3.51. The van der Waals surface area contributed by atoms with Crippen LogP contribution in [0.2, 0.25) is 0 Å². The molecule has 5 heteroatoms. The Balaban J connectivity index is 2.53. The zero-order chi connectivity index (χ0) is 12.5. The number of thioether (sulfide) groups is 1. The zero-order valence-electron chi connectivity index (χ0n) is 9.85. The van der Waals surface area contributed by atoms with Crippen LogP contribution in [0, 0.1) is 0 Å². The maximum Gasteiger partial charge on any atom is 0.184 e. The highest BCUT2D eigenvalue weighted by atomic mass is 32.2. The van der Waals surface area contributed by atoms with Gasteiger partial charge in [-0.05, 0) is 42.1 Å². The number of hydrazone groups is 1. The third-order valence-corrected chi connectivity index (χ3v) is 3.18. The highest BCUT2D eigenvalue weighted by Gasteiger charge is 1.95. The number of hydrogen-bond acceptors (Lipinski definition) is 3. The lowest BCUT2D eigenvalue weighted by molar-refractivity contribution is 0.896. The minimum Gasteiger partial charge on any atom is -0.375 e. The third-order valence-electron chi connectivity index (χ3n) is 2.01. The lowest BCUT2D eigenvalue weighted by Crippen LogP contribution is -2.23. The Hall–Kier alpha value is -1.07. The van der Waals surface area contributed by atoms with Crippen LogP contribution in [0.4, 0.5) is 0 Å². The van der Waals surface area contributed by atoms with Crippen molar-refractivity contribution in [3.05, 3.63) is 29.8 Å². The molecule has 0 amide bonds. The first-order valence-corrected chi connectivity index (χ1v) is 6.93. The van der Waals surface area contributed by atoms with Crippen molar-refractivity contribution in [3.63, 3.8) is 0 Å². The molecule has 92 valence electrons. The summed E-state index contributed by atoms with van der Waals surface area (Å²) in [6, 6.07) is 8.23. The molecule has 0 spiro atoms. The maximum atomic E-state index is 5.27. The van der Waals surface area contributed by atoms with Gasteiger partial charge in [-0.3, -0.25) is 5.43 Å². The van der Waals surface area contributed by atoms with Gasteiger partial charge in [0.15, 0.2) is 5.11 Å². The van der Waals surface area contributed by atoms with Gasteiger partial charge >= 0.3 is 0 Å². The van der Waals surface area contributed by atoms with Crippen molar-refractivity contribution in [1.29, 1.82) is 0 Å². The van der Waals surface area contributed by atoms with Crippen LogP contribution in [-0.2, 0) is 0 Å². The van der Waals surface area contributed by atoms with E-state index in [9.17, 15) is 0 Å². The molecule has 0 aliphatic rings. The number of benzene rings is 1. The normalized spacial score (nSPS) is 10.6. The molecule has 3 N–H and O–H groups in total. The van der Waals surface area contributed by atoms with Gasteiger partial charge in [0.2, 0.25) is 0 Å². The number of nitrogens with one attached hydrogen (secondary N) is 1. The van der Waals surface area contributed by atoms with Crippen molar-refractivity contribution in [1.82, 2.24) is 5.43 Å². The van der Waals surface area contributed by atoms with Crippen molar-refractivity contribution >= 4 is 35.3 Å². The smallest absolute Gasteiger partial charge is 0.184 e. The molecule has 1 rings (SSSR count). The summed E-state index contributed by atoms with van der Waals surface area (Å²) in [7, 11) is 0. The first-order valence-electron chi connectivity index (χ1n) is 5.53.